The van der Waals surface area contributed by atoms with E-state index in [-0.39, 0.29) is 41.5 Å². The molecule has 0 aromatic rings. The van der Waals surface area contributed by atoms with Crippen molar-refractivity contribution in [2.24, 2.45) is 17.8 Å². The molecule has 36 heavy (non-hydrogen) atoms. The summed E-state index contributed by atoms with van der Waals surface area (Å²) in [6.07, 6.45) is 14.3. The summed E-state index contributed by atoms with van der Waals surface area (Å²) in [6.45, 7) is 5.41. The number of nitrogens with one attached hydrogen (secondary N) is 1. The lowest BCUT2D eigenvalue weighted by Gasteiger charge is -2.22. The maximum Gasteiger partial charge on any atom is 0.327 e. The molecule has 0 aliphatic heterocycles. The normalized spacial score (nSPS) is 22.9. The molecule has 1 aliphatic carbocycles. The summed E-state index contributed by atoms with van der Waals surface area (Å²) >= 11 is 1.34. The Morgan fingerprint density at radius 1 is 1.17 bits per heavy atom. The van der Waals surface area contributed by atoms with E-state index >= 15 is 0 Å². The number of amides is 1. The van der Waals surface area contributed by atoms with Gasteiger partial charge in [0.05, 0.1) is 6.10 Å². The number of carbonyl (C=O) groups is 4. The molecule has 0 spiro atoms. The molecule has 4 N–H and O–H groups in total. The third kappa shape index (κ3) is 12.5. The molecule has 1 fully saturated rings. The fourth-order valence-electron chi connectivity index (χ4n) is 4.22. The minimum atomic E-state index is -1.13. The Balaban J connectivity index is 2.93. The minimum absolute atomic E-state index is 0.0223. The quantitative estimate of drug-likeness (QED) is 0.210. The first-order valence-electron chi connectivity index (χ1n) is 12.6. The number of aliphatic carboxylic acids is 2. The minimum Gasteiger partial charge on any atom is -0.481 e. The summed E-state index contributed by atoms with van der Waals surface area (Å²) in [4.78, 5) is 46.4. The van der Waals surface area contributed by atoms with Crippen LogP contribution >= 0.6 is 11.8 Å². The number of rotatable bonds is 17. The maximum atomic E-state index is 12.9. The number of hydrogen-bond donors (Lipinski definition) is 4. The number of allylic oxidation sites excluding steroid dienone is 5. The molecule has 8 nitrogen and oxygen atoms in total. The van der Waals surface area contributed by atoms with E-state index in [4.69, 9.17) is 5.11 Å². The number of thioether (sulfide) groups is 1. The van der Waals surface area contributed by atoms with Gasteiger partial charge >= 0.3 is 11.9 Å². The lowest BCUT2D eigenvalue weighted by atomic mass is 9.90. The van der Waals surface area contributed by atoms with E-state index in [1.54, 1.807) is 12.2 Å². The number of ketones is 1. The highest BCUT2D eigenvalue weighted by molar-refractivity contribution is 8.00. The average molecular weight is 524 g/mol. The number of aliphatic hydroxyl groups is 1. The predicted molar refractivity (Wildman–Crippen MR) is 142 cm³/mol. The van der Waals surface area contributed by atoms with Gasteiger partial charge in [0.2, 0.25) is 5.91 Å². The Hall–Kier alpha value is -2.39. The zero-order valence-corrected chi connectivity index (χ0v) is 22.3. The van der Waals surface area contributed by atoms with Gasteiger partial charge in [-0.3, -0.25) is 14.4 Å². The molecule has 3 unspecified atom stereocenters. The summed E-state index contributed by atoms with van der Waals surface area (Å²) in [5, 5.41) is 31.0. The molecule has 0 radical (unpaired) electrons. The van der Waals surface area contributed by atoms with Crippen LogP contribution in [0.2, 0.25) is 0 Å². The van der Waals surface area contributed by atoms with E-state index in [9.17, 15) is 29.4 Å². The average Bonchev–Trinajstić information content (AvgIpc) is 3.08. The van der Waals surface area contributed by atoms with Crippen molar-refractivity contribution < 1.29 is 34.5 Å². The Bertz CT molecular complexity index is 823. The van der Waals surface area contributed by atoms with Gasteiger partial charge in [-0.2, -0.15) is 11.8 Å². The Morgan fingerprint density at radius 2 is 1.89 bits per heavy atom. The van der Waals surface area contributed by atoms with Crippen LogP contribution in [0.25, 0.3) is 0 Å². The molecule has 9 heteroatoms. The van der Waals surface area contributed by atoms with Crippen LogP contribution in [0.5, 0.6) is 0 Å². The van der Waals surface area contributed by atoms with Gasteiger partial charge < -0.3 is 20.6 Å². The Morgan fingerprint density at radius 3 is 2.50 bits per heavy atom. The van der Waals surface area contributed by atoms with Crippen LogP contribution in [-0.2, 0) is 19.2 Å². The summed E-state index contributed by atoms with van der Waals surface area (Å²) < 4.78 is 0. The number of carboxylic acid groups (broad SMARTS) is 2. The van der Waals surface area contributed by atoms with E-state index < -0.39 is 30.0 Å². The molecule has 6 atom stereocenters. The van der Waals surface area contributed by atoms with Crippen LogP contribution in [0.1, 0.15) is 65.7 Å². The van der Waals surface area contributed by atoms with Crippen LogP contribution in [0, 0.1) is 17.8 Å². The highest BCUT2D eigenvalue weighted by Crippen LogP contribution is 2.40. The van der Waals surface area contributed by atoms with Gasteiger partial charge in [-0.25, -0.2) is 4.79 Å². The van der Waals surface area contributed by atoms with E-state index in [0.29, 0.717) is 25.2 Å². The fraction of sp³-hybridized carbons (Fsp3) is 0.630. The van der Waals surface area contributed by atoms with Crippen LogP contribution in [0.3, 0.4) is 0 Å². The van der Waals surface area contributed by atoms with E-state index in [0.717, 1.165) is 12.8 Å². The van der Waals surface area contributed by atoms with Gasteiger partial charge in [-0.1, -0.05) is 50.3 Å². The van der Waals surface area contributed by atoms with E-state index in [1.165, 1.54) is 18.7 Å². The van der Waals surface area contributed by atoms with Gasteiger partial charge in [-0.15, -0.1) is 0 Å². The summed E-state index contributed by atoms with van der Waals surface area (Å²) in [5.41, 5.74) is 0. The second-order valence-electron chi connectivity index (χ2n) is 9.37. The smallest absolute Gasteiger partial charge is 0.327 e. The topological polar surface area (TPSA) is 141 Å². The molecular formula is C27H41NO7S. The van der Waals surface area contributed by atoms with E-state index in [2.05, 4.69) is 31.3 Å². The van der Waals surface area contributed by atoms with E-state index in [1.807, 2.05) is 12.2 Å². The number of Topliss-reactive ketones (excluding diaryl/α,β-unsaturated/α-hetero) is 1. The lowest BCUT2D eigenvalue weighted by Crippen LogP contribution is -2.42. The molecule has 202 valence electrons. The van der Waals surface area contributed by atoms with Crippen molar-refractivity contribution >= 4 is 35.4 Å². The molecule has 0 heterocycles. The largest absolute Gasteiger partial charge is 0.481 e. The zero-order valence-electron chi connectivity index (χ0n) is 21.5. The summed E-state index contributed by atoms with van der Waals surface area (Å²) in [7, 11) is 0. The number of carbonyl (C=O) groups excluding carboxylic acids is 2. The predicted octanol–water partition coefficient (Wildman–Crippen LogP) is 3.99. The maximum absolute atomic E-state index is 12.9. The van der Waals surface area contributed by atoms with Crippen molar-refractivity contribution in [2.75, 3.05) is 5.75 Å². The van der Waals surface area contributed by atoms with Crippen LogP contribution < -0.4 is 5.32 Å². The molecule has 1 aliphatic rings. The molecule has 0 aromatic heterocycles. The van der Waals surface area contributed by atoms with Crippen LogP contribution in [0.4, 0.5) is 0 Å². The second-order valence-corrected chi connectivity index (χ2v) is 10.6. The lowest BCUT2D eigenvalue weighted by molar-refractivity contribution is -0.140. The standard InChI is InChI=1S/C27H41NO7S/c1-4-5-7-10-18(2)15-20(30)13-14-22-21(11-8-6-9-12-26(32)33)24(31)16-25(22)36-17-23(27(34)35)28-19(3)29/h5-8,13-14,18,20-23,25,30H,4,9-12,15-17H2,1-3H3,(H,28,29)(H,32,33)(H,34,35)/b7-5-,8-6-,14-13+/t18?,20?,21-,22+,23-,25?/m0/s1. The molecule has 1 saturated carbocycles. The zero-order chi connectivity index (χ0) is 27.1. The van der Waals surface area contributed by atoms with Gasteiger partial charge in [0, 0.05) is 36.7 Å². The molecule has 0 bridgehead atoms. The monoisotopic (exact) mass is 523 g/mol. The molecule has 0 saturated heterocycles. The van der Waals surface area contributed by atoms with Gasteiger partial charge in [0.25, 0.3) is 0 Å². The van der Waals surface area contributed by atoms with Crippen LogP contribution in [-0.4, -0.2) is 62.1 Å². The fourth-order valence-corrected chi connectivity index (χ4v) is 5.67. The van der Waals surface area contributed by atoms with Crippen molar-refractivity contribution in [2.45, 2.75) is 83.1 Å². The SMILES string of the molecule is CC/C=C\CC(C)CC(O)/C=C/[C@H]1C(SC[C@H](NC(C)=O)C(=O)O)CC(=O)[C@H]1C/C=C\CCC(=O)O. The number of hydrogen-bond acceptors (Lipinski definition) is 6. The second kappa shape index (κ2) is 17.1. The first-order valence-corrected chi connectivity index (χ1v) is 13.6. The first kappa shape index (κ1) is 31.6. The molecule has 1 amide bonds. The summed E-state index contributed by atoms with van der Waals surface area (Å²) in [5.74, 6) is -2.50. The van der Waals surface area contributed by atoms with Crippen LogP contribution in [0.15, 0.2) is 36.5 Å². The molecule has 0 aromatic carbocycles. The highest BCUT2D eigenvalue weighted by Gasteiger charge is 2.41. The Kier molecular flexibility index (Phi) is 15.1. The van der Waals surface area contributed by atoms with Gasteiger partial charge in [0.1, 0.15) is 11.8 Å². The number of aliphatic hydroxyl groups excluding tert-OH is 1. The van der Waals surface area contributed by atoms with Crippen molar-refractivity contribution in [3.05, 3.63) is 36.5 Å². The first-order chi connectivity index (χ1) is 17.0. The van der Waals surface area contributed by atoms with Crippen molar-refractivity contribution in [1.29, 1.82) is 0 Å². The van der Waals surface area contributed by atoms with Gasteiger partial charge in [0.15, 0.2) is 0 Å². The van der Waals surface area contributed by atoms with Crippen molar-refractivity contribution in [3.8, 4) is 0 Å². The Labute approximate surface area is 218 Å². The van der Waals surface area contributed by atoms with Crippen molar-refractivity contribution in [3.63, 3.8) is 0 Å². The number of carboxylic acids is 2. The van der Waals surface area contributed by atoms with Crippen molar-refractivity contribution in [1.82, 2.24) is 5.32 Å². The third-order valence-corrected chi connectivity index (χ3v) is 7.52. The van der Waals surface area contributed by atoms with Gasteiger partial charge in [-0.05, 0) is 43.9 Å². The third-order valence-electron chi connectivity index (χ3n) is 6.08. The highest BCUT2D eigenvalue weighted by atomic mass is 32.2. The molecular weight excluding hydrogens is 482 g/mol. The molecule has 1 rings (SSSR count). The summed E-state index contributed by atoms with van der Waals surface area (Å²) in [6, 6.07) is -1.05.